The number of anilines is 1. The van der Waals surface area contributed by atoms with E-state index in [1.807, 2.05) is 13.8 Å². The van der Waals surface area contributed by atoms with Crippen LogP contribution in [0.5, 0.6) is 0 Å². The molecular formula is C15H22N4. The van der Waals surface area contributed by atoms with Crippen molar-refractivity contribution < 1.29 is 0 Å². The van der Waals surface area contributed by atoms with Crippen molar-refractivity contribution in [3.05, 3.63) is 23.5 Å². The third kappa shape index (κ3) is 3.00. The lowest BCUT2D eigenvalue weighted by Crippen LogP contribution is -2.19. The lowest BCUT2D eigenvalue weighted by atomic mass is 10.1. The van der Waals surface area contributed by atoms with Crippen LogP contribution in [0.3, 0.4) is 0 Å². The Bertz CT molecular complexity index is 475. The first kappa shape index (κ1) is 13.7. The van der Waals surface area contributed by atoms with E-state index in [0.29, 0.717) is 0 Å². The van der Waals surface area contributed by atoms with Gasteiger partial charge in [0.25, 0.3) is 0 Å². The number of aromatic nitrogens is 1. The second-order valence-electron chi connectivity index (χ2n) is 4.91. The minimum atomic E-state index is 0.949. The number of hydrogen-bond acceptors (Lipinski definition) is 4. The third-order valence-electron chi connectivity index (χ3n) is 3.69. The van der Waals surface area contributed by atoms with E-state index < -0.39 is 0 Å². The van der Waals surface area contributed by atoms with Crippen molar-refractivity contribution >= 4 is 17.1 Å². The average molecular weight is 258 g/mol. The third-order valence-corrected chi connectivity index (χ3v) is 3.69. The molecule has 0 saturated carbocycles. The van der Waals surface area contributed by atoms with E-state index >= 15 is 0 Å². The largest absolute Gasteiger partial charge is 0.371 e. The summed E-state index contributed by atoms with van der Waals surface area (Å²) in [7, 11) is 3.61. The van der Waals surface area contributed by atoms with Gasteiger partial charge in [-0.25, -0.2) is 4.98 Å². The van der Waals surface area contributed by atoms with E-state index in [4.69, 9.17) is 0 Å². The highest BCUT2D eigenvalue weighted by Gasteiger charge is 2.15. The first-order chi connectivity index (χ1) is 9.15. The minimum Gasteiger partial charge on any atom is -0.371 e. The molecule has 0 bridgehead atoms. The molecule has 2 heterocycles. The van der Waals surface area contributed by atoms with Crippen LogP contribution in [0.1, 0.15) is 38.1 Å². The summed E-state index contributed by atoms with van der Waals surface area (Å²) < 4.78 is 0. The van der Waals surface area contributed by atoms with Crippen LogP contribution in [0.15, 0.2) is 22.1 Å². The van der Waals surface area contributed by atoms with Crippen LogP contribution in [0, 0.1) is 0 Å². The molecule has 0 radical (unpaired) electrons. The molecule has 1 aromatic heterocycles. The van der Waals surface area contributed by atoms with Crippen molar-refractivity contribution in [2.75, 3.05) is 32.1 Å². The number of nitrogens with zero attached hydrogens (tertiary/aromatic N) is 4. The summed E-state index contributed by atoms with van der Waals surface area (Å²) in [6.07, 6.45) is 2.55. The summed E-state index contributed by atoms with van der Waals surface area (Å²) in [5.41, 5.74) is 5.07. The molecule has 0 aromatic carbocycles. The predicted molar refractivity (Wildman–Crippen MR) is 82.0 cm³/mol. The Morgan fingerprint density at radius 2 is 1.47 bits per heavy atom. The number of hydrogen-bond donors (Lipinski definition) is 0. The summed E-state index contributed by atoms with van der Waals surface area (Å²) in [5, 5.41) is 0. The molecule has 0 aliphatic carbocycles. The average Bonchev–Trinajstić information content (AvgIpc) is 2.99. The summed E-state index contributed by atoms with van der Waals surface area (Å²) in [4.78, 5) is 15.6. The Labute approximate surface area is 115 Å². The van der Waals surface area contributed by atoms with Crippen molar-refractivity contribution in [3.8, 4) is 0 Å². The van der Waals surface area contributed by atoms with E-state index in [1.54, 1.807) is 14.1 Å². The van der Waals surface area contributed by atoms with Crippen LogP contribution in [0.4, 0.5) is 5.69 Å². The zero-order valence-electron chi connectivity index (χ0n) is 12.3. The smallest absolute Gasteiger partial charge is 0.0865 e. The molecule has 1 fully saturated rings. The monoisotopic (exact) mass is 258 g/mol. The highest BCUT2D eigenvalue weighted by molar-refractivity contribution is 6.01. The lowest BCUT2D eigenvalue weighted by molar-refractivity contribution is 0.949. The van der Waals surface area contributed by atoms with Crippen molar-refractivity contribution in [2.45, 2.75) is 26.7 Å². The van der Waals surface area contributed by atoms with Gasteiger partial charge in [-0.05, 0) is 38.8 Å². The van der Waals surface area contributed by atoms with Crippen LogP contribution < -0.4 is 4.90 Å². The second-order valence-corrected chi connectivity index (χ2v) is 4.91. The van der Waals surface area contributed by atoms with Gasteiger partial charge in [0.2, 0.25) is 0 Å². The maximum Gasteiger partial charge on any atom is 0.0865 e. The first-order valence-electron chi connectivity index (χ1n) is 6.80. The van der Waals surface area contributed by atoms with Crippen molar-refractivity contribution in [2.24, 2.45) is 9.98 Å². The number of pyridine rings is 1. The fourth-order valence-electron chi connectivity index (χ4n) is 2.27. The summed E-state index contributed by atoms with van der Waals surface area (Å²) in [6.45, 7) is 6.26. The maximum absolute atomic E-state index is 4.66. The fraction of sp³-hybridized carbons (Fsp3) is 0.533. The van der Waals surface area contributed by atoms with Crippen molar-refractivity contribution in [1.29, 1.82) is 0 Å². The first-order valence-corrected chi connectivity index (χ1v) is 6.80. The van der Waals surface area contributed by atoms with Gasteiger partial charge in [-0.2, -0.15) is 0 Å². The quantitative estimate of drug-likeness (QED) is 0.782. The molecule has 1 saturated heterocycles. The van der Waals surface area contributed by atoms with Crippen molar-refractivity contribution in [3.63, 3.8) is 0 Å². The van der Waals surface area contributed by atoms with Crippen LogP contribution in [0.25, 0.3) is 0 Å². The van der Waals surface area contributed by atoms with Gasteiger partial charge >= 0.3 is 0 Å². The Hall–Kier alpha value is -1.71. The molecule has 0 N–H and O–H groups in total. The van der Waals surface area contributed by atoms with Gasteiger partial charge < -0.3 is 4.90 Å². The van der Waals surface area contributed by atoms with Crippen molar-refractivity contribution in [1.82, 2.24) is 4.98 Å². The Morgan fingerprint density at radius 1 is 1.00 bits per heavy atom. The maximum atomic E-state index is 4.66. The molecule has 2 rings (SSSR count). The van der Waals surface area contributed by atoms with E-state index in [0.717, 1.165) is 35.9 Å². The molecule has 1 aromatic rings. The van der Waals surface area contributed by atoms with Gasteiger partial charge in [-0.15, -0.1) is 0 Å². The molecule has 19 heavy (non-hydrogen) atoms. The molecule has 0 spiro atoms. The molecule has 0 amide bonds. The number of aliphatic imine (C=N–C) groups is 2. The molecular weight excluding hydrogens is 236 g/mol. The molecule has 0 unspecified atom stereocenters. The van der Waals surface area contributed by atoms with Crippen LogP contribution in [0.2, 0.25) is 0 Å². The van der Waals surface area contributed by atoms with Crippen LogP contribution in [-0.4, -0.2) is 43.6 Å². The van der Waals surface area contributed by atoms with Crippen LogP contribution in [-0.2, 0) is 0 Å². The fourth-order valence-corrected chi connectivity index (χ4v) is 2.27. The van der Waals surface area contributed by atoms with E-state index in [9.17, 15) is 0 Å². The molecule has 4 nitrogen and oxygen atoms in total. The summed E-state index contributed by atoms with van der Waals surface area (Å²) >= 11 is 0. The van der Waals surface area contributed by atoms with E-state index in [1.165, 1.54) is 18.5 Å². The molecule has 1 aliphatic rings. The van der Waals surface area contributed by atoms with E-state index in [-0.39, 0.29) is 0 Å². The van der Waals surface area contributed by atoms with Gasteiger partial charge in [0.05, 0.1) is 22.8 Å². The van der Waals surface area contributed by atoms with Gasteiger partial charge in [0.1, 0.15) is 0 Å². The molecule has 4 heteroatoms. The number of rotatable bonds is 3. The Kier molecular flexibility index (Phi) is 4.30. The van der Waals surface area contributed by atoms with Gasteiger partial charge in [-0.1, -0.05) is 0 Å². The Morgan fingerprint density at radius 3 is 1.89 bits per heavy atom. The summed E-state index contributed by atoms with van der Waals surface area (Å²) in [5.74, 6) is 0. The van der Waals surface area contributed by atoms with Gasteiger partial charge in [0, 0.05) is 32.9 Å². The normalized spacial score (nSPS) is 17.2. The lowest BCUT2D eigenvalue weighted by Gasteiger charge is -2.19. The van der Waals surface area contributed by atoms with E-state index in [2.05, 4.69) is 32.0 Å². The van der Waals surface area contributed by atoms with Gasteiger partial charge in [0.15, 0.2) is 0 Å². The highest BCUT2D eigenvalue weighted by Crippen LogP contribution is 2.22. The standard InChI is InChI=1S/C15H22N4/c1-11(16-3)14-9-13(19-7-5-6-8-19)10-15(18-14)12(2)17-4/h9-10H,5-8H2,1-4H3. The minimum absolute atomic E-state index is 0.949. The highest BCUT2D eigenvalue weighted by atomic mass is 15.1. The molecule has 1 aliphatic heterocycles. The van der Waals surface area contributed by atoms with Crippen LogP contribution >= 0.6 is 0 Å². The molecule has 102 valence electrons. The topological polar surface area (TPSA) is 40.9 Å². The molecule has 0 atom stereocenters. The Balaban J connectivity index is 2.47. The SMILES string of the molecule is CN=C(C)c1cc(N2CCCC2)cc(C(C)=NC)n1. The second kappa shape index (κ2) is 5.95. The zero-order chi connectivity index (χ0) is 13.8. The predicted octanol–water partition coefficient (Wildman–Crippen LogP) is 2.56. The summed E-state index contributed by atoms with van der Waals surface area (Å²) in [6, 6.07) is 4.28. The van der Waals surface area contributed by atoms with Gasteiger partial charge in [-0.3, -0.25) is 9.98 Å². The zero-order valence-corrected chi connectivity index (χ0v) is 12.3.